The Morgan fingerprint density at radius 3 is 1.97 bits per heavy atom. The Hall–Kier alpha value is -2.97. The number of carboxylic acids is 1. The number of nitrogens with two attached hydrogens (primary N) is 4. The topological polar surface area (TPSA) is 261 Å². The van der Waals surface area contributed by atoms with E-state index in [1.807, 2.05) is 6.92 Å². The van der Waals surface area contributed by atoms with Gasteiger partial charge in [0.25, 0.3) is 0 Å². The van der Waals surface area contributed by atoms with Crippen molar-refractivity contribution in [1.29, 1.82) is 0 Å². The second-order valence-electron chi connectivity index (χ2n) is 8.83. The van der Waals surface area contributed by atoms with Gasteiger partial charge in [-0.15, -0.1) is 0 Å². The lowest BCUT2D eigenvalue weighted by atomic mass is 9.96. The highest BCUT2D eigenvalue weighted by Crippen LogP contribution is 2.11. The predicted molar refractivity (Wildman–Crippen MR) is 135 cm³/mol. The van der Waals surface area contributed by atoms with E-state index in [0.29, 0.717) is 32.2 Å². The molecule has 0 fully saturated rings. The van der Waals surface area contributed by atoms with Crippen molar-refractivity contribution in [3.8, 4) is 0 Å². The lowest BCUT2D eigenvalue weighted by Crippen LogP contribution is -2.59. The maximum atomic E-state index is 13.1. The minimum Gasteiger partial charge on any atom is -0.480 e. The number of aliphatic carboxylic acids is 1. The van der Waals surface area contributed by atoms with E-state index < -0.39 is 54.0 Å². The van der Waals surface area contributed by atoms with Crippen LogP contribution in [0.5, 0.6) is 0 Å². The zero-order valence-electron chi connectivity index (χ0n) is 21.4. The molecule has 208 valence electrons. The normalized spacial score (nSPS) is 15.9. The molecule has 0 spiro atoms. The quantitative estimate of drug-likeness (QED) is 0.0523. The molecule has 0 bridgehead atoms. The third-order valence-corrected chi connectivity index (χ3v) is 5.76. The molecule has 0 rings (SSSR count). The first-order valence-corrected chi connectivity index (χ1v) is 12.2. The number of guanidine groups is 1. The van der Waals surface area contributed by atoms with Crippen LogP contribution in [-0.2, 0) is 19.2 Å². The molecule has 0 unspecified atom stereocenters. The smallest absolute Gasteiger partial charge is 0.326 e. The summed E-state index contributed by atoms with van der Waals surface area (Å²) < 4.78 is 0. The molecule has 14 nitrogen and oxygen atoms in total. The number of nitrogens with one attached hydrogen (secondary N) is 3. The number of hydrogen-bond acceptors (Lipinski definition) is 8. The summed E-state index contributed by atoms with van der Waals surface area (Å²) in [5.41, 5.74) is 21.7. The molecule has 0 heterocycles. The Balaban J connectivity index is 5.52. The van der Waals surface area contributed by atoms with Crippen LogP contribution in [0.1, 0.15) is 59.3 Å². The van der Waals surface area contributed by atoms with E-state index in [1.54, 1.807) is 6.92 Å². The van der Waals surface area contributed by atoms with Crippen molar-refractivity contribution in [1.82, 2.24) is 16.0 Å². The number of carboxylic acid groups (broad SMARTS) is 1. The van der Waals surface area contributed by atoms with Crippen molar-refractivity contribution in [2.45, 2.75) is 89.6 Å². The monoisotopic (exact) mass is 516 g/mol. The van der Waals surface area contributed by atoms with E-state index in [1.165, 1.54) is 6.92 Å². The van der Waals surface area contributed by atoms with Crippen molar-refractivity contribution >= 4 is 29.7 Å². The fourth-order valence-corrected chi connectivity index (χ4v) is 3.23. The second kappa shape index (κ2) is 17.5. The summed E-state index contributed by atoms with van der Waals surface area (Å²) in [6.07, 6.45) is 1.14. The Labute approximate surface area is 212 Å². The zero-order valence-corrected chi connectivity index (χ0v) is 21.4. The molecule has 0 saturated carbocycles. The van der Waals surface area contributed by atoms with E-state index in [-0.39, 0.29) is 31.3 Å². The van der Waals surface area contributed by atoms with Gasteiger partial charge in [0.2, 0.25) is 17.7 Å². The molecule has 6 atom stereocenters. The van der Waals surface area contributed by atoms with Gasteiger partial charge in [0.1, 0.15) is 24.2 Å². The maximum absolute atomic E-state index is 13.1. The summed E-state index contributed by atoms with van der Waals surface area (Å²) in [5.74, 6) is -3.70. The number of aliphatic hydroxyl groups excluding tert-OH is 1. The summed E-state index contributed by atoms with van der Waals surface area (Å²) in [6, 6.07) is -4.53. The first kappa shape index (κ1) is 33.0. The van der Waals surface area contributed by atoms with E-state index in [4.69, 9.17) is 22.9 Å². The molecule has 0 aliphatic rings. The molecule has 0 aromatic rings. The zero-order chi connectivity index (χ0) is 27.8. The number of carbonyl (C=O) groups is 4. The second-order valence-corrected chi connectivity index (χ2v) is 8.83. The minimum atomic E-state index is -1.24. The van der Waals surface area contributed by atoms with Crippen LogP contribution in [-0.4, -0.2) is 83.2 Å². The molecule has 0 saturated heterocycles. The number of nitrogens with zero attached hydrogens (tertiary/aromatic N) is 1. The number of carbonyl (C=O) groups excluding carboxylic acids is 3. The van der Waals surface area contributed by atoms with Crippen LogP contribution in [0.3, 0.4) is 0 Å². The fourth-order valence-electron chi connectivity index (χ4n) is 3.23. The number of hydrogen-bond donors (Lipinski definition) is 9. The lowest BCUT2D eigenvalue weighted by molar-refractivity contribution is -0.143. The highest BCUT2D eigenvalue weighted by molar-refractivity contribution is 5.94. The van der Waals surface area contributed by atoms with Crippen molar-refractivity contribution in [2.24, 2.45) is 33.8 Å². The SMILES string of the molecule is CC[C@H](C)[C@H](NC(=O)[C@H](CCCCN)NC(=O)[C@@H](N)[C@@H](C)O)C(=O)N[C@@H](CCCN=C(N)N)C(=O)O. The van der Waals surface area contributed by atoms with Gasteiger partial charge in [-0.25, -0.2) is 4.79 Å². The molecule has 0 aromatic carbocycles. The van der Waals surface area contributed by atoms with Crippen LogP contribution in [0.4, 0.5) is 0 Å². The number of amides is 3. The average molecular weight is 517 g/mol. The van der Waals surface area contributed by atoms with Gasteiger partial charge in [-0.1, -0.05) is 20.3 Å². The van der Waals surface area contributed by atoms with Gasteiger partial charge in [0, 0.05) is 6.54 Å². The van der Waals surface area contributed by atoms with Gasteiger partial charge in [-0.2, -0.15) is 0 Å². The molecular formula is C22H44N8O6. The summed E-state index contributed by atoms with van der Waals surface area (Å²) >= 11 is 0. The van der Waals surface area contributed by atoms with Crippen LogP contribution in [0.2, 0.25) is 0 Å². The molecular weight excluding hydrogens is 472 g/mol. The Morgan fingerprint density at radius 1 is 0.889 bits per heavy atom. The number of unbranched alkanes of at least 4 members (excludes halogenated alkanes) is 1. The van der Waals surface area contributed by atoms with E-state index in [2.05, 4.69) is 20.9 Å². The molecule has 0 radical (unpaired) electrons. The van der Waals surface area contributed by atoms with Crippen LogP contribution in [0.15, 0.2) is 4.99 Å². The van der Waals surface area contributed by atoms with Crippen molar-refractivity contribution in [3.63, 3.8) is 0 Å². The highest BCUT2D eigenvalue weighted by Gasteiger charge is 2.32. The molecule has 0 aliphatic heterocycles. The summed E-state index contributed by atoms with van der Waals surface area (Å²) in [7, 11) is 0. The Bertz CT molecular complexity index is 744. The molecule has 0 aliphatic carbocycles. The highest BCUT2D eigenvalue weighted by atomic mass is 16.4. The van der Waals surface area contributed by atoms with Crippen molar-refractivity contribution in [2.75, 3.05) is 13.1 Å². The van der Waals surface area contributed by atoms with Gasteiger partial charge in [-0.05, 0) is 51.5 Å². The molecule has 14 heteroatoms. The summed E-state index contributed by atoms with van der Waals surface area (Å²) in [4.78, 5) is 53.9. The molecule has 13 N–H and O–H groups in total. The predicted octanol–water partition coefficient (Wildman–Crippen LogP) is -2.54. The van der Waals surface area contributed by atoms with Crippen LogP contribution >= 0.6 is 0 Å². The van der Waals surface area contributed by atoms with Crippen LogP contribution < -0.4 is 38.9 Å². The minimum absolute atomic E-state index is 0.0774. The van der Waals surface area contributed by atoms with E-state index >= 15 is 0 Å². The van der Waals surface area contributed by atoms with Crippen molar-refractivity contribution in [3.05, 3.63) is 0 Å². The summed E-state index contributed by atoms with van der Waals surface area (Å²) in [6.45, 7) is 5.51. The Morgan fingerprint density at radius 2 is 1.47 bits per heavy atom. The summed E-state index contributed by atoms with van der Waals surface area (Å²) in [5, 5.41) is 26.7. The largest absolute Gasteiger partial charge is 0.480 e. The lowest BCUT2D eigenvalue weighted by Gasteiger charge is -2.28. The van der Waals surface area contributed by atoms with Gasteiger partial charge in [0.15, 0.2) is 5.96 Å². The first-order chi connectivity index (χ1) is 16.8. The molecule has 36 heavy (non-hydrogen) atoms. The van der Waals surface area contributed by atoms with Gasteiger partial charge >= 0.3 is 5.97 Å². The maximum Gasteiger partial charge on any atom is 0.326 e. The van der Waals surface area contributed by atoms with Crippen molar-refractivity contribution < 1.29 is 29.4 Å². The first-order valence-electron chi connectivity index (χ1n) is 12.2. The molecule has 3 amide bonds. The van der Waals surface area contributed by atoms with Gasteiger partial charge in [-0.3, -0.25) is 19.4 Å². The third-order valence-electron chi connectivity index (χ3n) is 5.76. The Kier molecular flexibility index (Phi) is 16.0. The average Bonchev–Trinajstić information content (AvgIpc) is 2.81. The third kappa shape index (κ3) is 12.7. The van der Waals surface area contributed by atoms with E-state index in [9.17, 15) is 29.4 Å². The number of aliphatic imine (C=N–C) groups is 1. The standard InChI is InChI=1S/C22H44N8O6/c1-4-12(2)17(20(34)29-15(21(35)36)9-7-11-27-22(25)26)30-18(32)14(8-5-6-10-23)28-19(33)16(24)13(3)31/h12-17,31H,4-11,23-24H2,1-3H3,(H,28,33)(H,29,34)(H,30,32)(H,35,36)(H4,25,26,27)/t12-,13+,14-,15-,16-,17-/m0/s1. The molecule has 0 aromatic heterocycles. The number of rotatable bonds is 18. The van der Waals surface area contributed by atoms with Gasteiger partial charge in [0.05, 0.1) is 6.10 Å². The fraction of sp³-hybridized carbons (Fsp3) is 0.773. The van der Waals surface area contributed by atoms with Gasteiger partial charge < -0.3 is 49.1 Å². The van der Waals surface area contributed by atoms with Crippen LogP contribution in [0.25, 0.3) is 0 Å². The van der Waals surface area contributed by atoms with Crippen LogP contribution in [0, 0.1) is 5.92 Å². The number of aliphatic hydroxyl groups is 1. The van der Waals surface area contributed by atoms with E-state index in [0.717, 1.165) is 0 Å².